The molecule has 1 atom stereocenters. The predicted octanol–water partition coefficient (Wildman–Crippen LogP) is 3.63. The minimum absolute atomic E-state index is 0.0662. The fraction of sp³-hybridized carbons (Fsp3) is 0.458. The van der Waals surface area contributed by atoms with E-state index >= 15 is 0 Å². The second-order valence-electron chi connectivity index (χ2n) is 7.87. The van der Waals surface area contributed by atoms with E-state index in [1.807, 2.05) is 18.2 Å². The van der Waals surface area contributed by atoms with Crippen LogP contribution in [0.5, 0.6) is 5.75 Å². The number of nitrogens with one attached hydrogen (secondary N) is 1. The van der Waals surface area contributed by atoms with Crippen LogP contribution in [0, 0.1) is 5.92 Å². The molecule has 1 amide bonds. The van der Waals surface area contributed by atoms with Crippen molar-refractivity contribution in [3.05, 3.63) is 60.2 Å². The quantitative estimate of drug-likeness (QED) is 0.568. The van der Waals surface area contributed by atoms with Crippen molar-refractivity contribution in [3.63, 3.8) is 0 Å². The lowest BCUT2D eigenvalue weighted by atomic mass is 9.99. The van der Waals surface area contributed by atoms with Crippen molar-refractivity contribution in [1.82, 2.24) is 9.62 Å². The highest BCUT2D eigenvalue weighted by atomic mass is 32.2. The van der Waals surface area contributed by atoms with Crippen LogP contribution in [0.15, 0.2) is 59.5 Å². The van der Waals surface area contributed by atoms with E-state index < -0.39 is 10.0 Å². The molecule has 1 heterocycles. The minimum atomic E-state index is -3.56. The highest BCUT2D eigenvalue weighted by Gasteiger charge is 2.33. The van der Waals surface area contributed by atoms with Crippen LogP contribution in [0.1, 0.15) is 38.2 Å². The van der Waals surface area contributed by atoms with Crippen molar-refractivity contribution < 1.29 is 17.9 Å². The molecular formula is C24H32N2O4S. The lowest BCUT2D eigenvalue weighted by molar-refractivity contribution is -0.126. The number of hydrogen-bond donors (Lipinski definition) is 1. The van der Waals surface area contributed by atoms with Gasteiger partial charge in [0.2, 0.25) is 15.9 Å². The Morgan fingerprint density at radius 1 is 1.13 bits per heavy atom. The molecule has 2 aromatic carbocycles. The maximum absolute atomic E-state index is 12.9. The number of carbonyl (C=O) groups excluding carboxylic acids is 1. The van der Waals surface area contributed by atoms with Gasteiger partial charge in [0.1, 0.15) is 5.75 Å². The number of carbonyl (C=O) groups is 1. The molecule has 1 saturated heterocycles. The van der Waals surface area contributed by atoms with Gasteiger partial charge in [0.15, 0.2) is 0 Å². The van der Waals surface area contributed by atoms with E-state index in [9.17, 15) is 13.2 Å². The van der Waals surface area contributed by atoms with E-state index in [-0.39, 0.29) is 23.3 Å². The van der Waals surface area contributed by atoms with E-state index in [1.54, 1.807) is 30.3 Å². The van der Waals surface area contributed by atoms with Gasteiger partial charge in [0, 0.05) is 19.6 Å². The molecule has 168 valence electrons. The van der Waals surface area contributed by atoms with Crippen LogP contribution in [0.3, 0.4) is 0 Å². The minimum Gasteiger partial charge on any atom is -0.493 e. The van der Waals surface area contributed by atoms with Gasteiger partial charge in [-0.3, -0.25) is 4.79 Å². The van der Waals surface area contributed by atoms with Gasteiger partial charge in [-0.1, -0.05) is 43.3 Å². The van der Waals surface area contributed by atoms with Crippen molar-refractivity contribution >= 4 is 15.9 Å². The fourth-order valence-electron chi connectivity index (χ4n) is 3.81. The Kier molecular flexibility index (Phi) is 8.49. The largest absolute Gasteiger partial charge is 0.493 e. The number of amides is 1. The van der Waals surface area contributed by atoms with Gasteiger partial charge >= 0.3 is 0 Å². The molecule has 1 N–H and O–H groups in total. The average molecular weight is 445 g/mol. The molecule has 6 nitrogen and oxygen atoms in total. The summed E-state index contributed by atoms with van der Waals surface area (Å²) in [7, 11) is -3.56. The molecule has 0 aromatic heterocycles. The number of hydrogen-bond acceptors (Lipinski definition) is 4. The fourth-order valence-corrected chi connectivity index (χ4v) is 5.36. The lowest BCUT2D eigenvalue weighted by Crippen LogP contribution is -2.45. The molecule has 1 fully saturated rings. The summed E-state index contributed by atoms with van der Waals surface area (Å²) in [4.78, 5) is 12.9. The number of para-hydroxylation sites is 1. The van der Waals surface area contributed by atoms with Crippen molar-refractivity contribution in [1.29, 1.82) is 0 Å². The van der Waals surface area contributed by atoms with Gasteiger partial charge < -0.3 is 10.1 Å². The Morgan fingerprint density at radius 2 is 1.87 bits per heavy atom. The number of piperidine rings is 1. The zero-order valence-corrected chi connectivity index (χ0v) is 18.9. The van der Waals surface area contributed by atoms with Gasteiger partial charge in [-0.15, -0.1) is 0 Å². The molecule has 0 spiro atoms. The van der Waals surface area contributed by atoms with Crippen LogP contribution >= 0.6 is 0 Å². The van der Waals surface area contributed by atoms with Gasteiger partial charge in [-0.25, -0.2) is 8.42 Å². The zero-order chi connectivity index (χ0) is 22.1. The van der Waals surface area contributed by atoms with Crippen LogP contribution in [0.4, 0.5) is 0 Å². The van der Waals surface area contributed by atoms with Crippen molar-refractivity contribution in [3.8, 4) is 5.75 Å². The highest BCUT2D eigenvalue weighted by Crippen LogP contribution is 2.24. The number of aryl methyl sites for hydroxylation is 1. The smallest absolute Gasteiger partial charge is 0.243 e. The molecule has 1 aliphatic heterocycles. The zero-order valence-electron chi connectivity index (χ0n) is 18.1. The standard InChI is InChI=1S/C24H32N2O4S/c1-2-18-30-23-15-7-6-10-20(23)11-8-16-25-24(27)21-12-9-17-26(19-21)31(28,29)22-13-4-3-5-14-22/h3-7,10,13-15,21H,2,8-9,11-12,16-19H2,1H3,(H,25,27)/t21-/m0/s1. The van der Waals surface area contributed by atoms with E-state index in [2.05, 4.69) is 18.3 Å². The lowest BCUT2D eigenvalue weighted by Gasteiger charge is -2.31. The normalized spacial score (nSPS) is 17.3. The third kappa shape index (κ3) is 6.31. The monoisotopic (exact) mass is 444 g/mol. The van der Waals surface area contributed by atoms with Crippen LogP contribution in [-0.2, 0) is 21.2 Å². The molecule has 0 unspecified atom stereocenters. The Balaban J connectivity index is 1.49. The molecule has 1 aliphatic rings. The summed E-state index contributed by atoms with van der Waals surface area (Å²) >= 11 is 0. The first-order valence-corrected chi connectivity index (χ1v) is 12.5. The van der Waals surface area contributed by atoms with E-state index in [0.717, 1.165) is 30.6 Å². The molecule has 7 heteroatoms. The topological polar surface area (TPSA) is 75.7 Å². The summed E-state index contributed by atoms with van der Waals surface area (Å²) in [6, 6.07) is 16.4. The van der Waals surface area contributed by atoms with Gasteiger partial charge in [0.05, 0.1) is 17.4 Å². The first-order chi connectivity index (χ1) is 15.0. The molecule has 0 radical (unpaired) electrons. The summed E-state index contributed by atoms with van der Waals surface area (Å²) in [6.07, 6.45) is 3.98. The van der Waals surface area contributed by atoms with Crippen LogP contribution in [0.25, 0.3) is 0 Å². The van der Waals surface area contributed by atoms with Crippen LogP contribution in [0.2, 0.25) is 0 Å². The van der Waals surface area contributed by atoms with E-state index in [4.69, 9.17) is 4.74 Å². The van der Waals surface area contributed by atoms with E-state index in [0.29, 0.717) is 32.5 Å². The highest BCUT2D eigenvalue weighted by molar-refractivity contribution is 7.89. The molecule has 31 heavy (non-hydrogen) atoms. The second kappa shape index (κ2) is 11.3. The Morgan fingerprint density at radius 3 is 2.65 bits per heavy atom. The summed E-state index contributed by atoms with van der Waals surface area (Å²) in [6.45, 7) is 4.02. The summed E-state index contributed by atoms with van der Waals surface area (Å²) in [5, 5.41) is 3.00. The Labute approximate surface area is 185 Å². The van der Waals surface area contributed by atoms with Crippen molar-refractivity contribution in [2.45, 2.75) is 43.9 Å². The van der Waals surface area contributed by atoms with E-state index in [1.165, 1.54) is 4.31 Å². The number of sulfonamides is 1. The first-order valence-electron chi connectivity index (χ1n) is 11.1. The third-order valence-corrected chi connectivity index (χ3v) is 7.37. The predicted molar refractivity (Wildman–Crippen MR) is 121 cm³/mol. The first kappa shape index (κ1) is 23.3. The summed E-state index contributed by atoms with van der Waals surface area (Å²) < 4.78 is 33.0. The number of ether oxygens (including phenoxy) is 1. The summed E-state index contributed by atoms with van der Waals surface area (Å²) in [5.41, 5.74) is 1.14. The maximum Gasteiger partial charge on any atom is 0.243 e. The molecule has 0 saturated carbocycles. The van der Waals surface area contributed by atoms with Gasteiger partial charge in [-0.2, -0.15) is 4.31 Å². The molecular weight excluding hydrogens is 412 g/mol. The maximum atomic E-state index is 12.9. The molecule has 2 aromatic rings. The molecule has 0 aliphatic carbocycles. The average Bonchev–Trinajstić information content (AvgIpc) is 2.81. The second-order valence-corrected chi connectivity index (χ2v) is 9.80. The molecule has 3 rings (SSSR count). The number of rotatable bonds is 10. The summed E-state index contributed by atoms with van der Waals surface area (Å²) in [5.74, 6) is 0.528. The molecule has 0 bridgehead atoms. The SMILES string of the molecule is CCCOc1ccccc1CCCNC(=O)[C@H]1CCCN(S(=O)(=O)c2ccccc2)C1. The third-order valence-electron chi connectivity index (χ3n) is 5.49. The Hall–Kier alpha value is -2.38. The van der Waals surface area contributed by atoms with Crippen molar-refractivity contribution in [2.75, 3.05) is 26.2 Å². The van der Waals surface area contributed by atoms with Gasteiger partial charge in [0.25, 0.3) is 0 Å². The van der Waals surface area contributed by atoms with Crippen molar-refractivity contribution in [2.24, 2.45) is 5.92 Å². The van der Waals surface area contributed by atoms with Crippen LogP contribution in [-0.4, -0.2) is 44.9 Å². The number of benzene rings is 2. The van der Waals surface area contributed by atoms with Crippen LogP contribution < -0.4 is 10.1 Å². The van der Waals surface area contributed by atoms with Gasteiger partial charge in [-0.05, 0) is 55.9 Å². The Bertz CT molecular complexity index is 947. The number of nitrogens with zero attached hydrogens (tertiary/aromatic N) is 1.